The number of hydrogen-bond donors (Lipinski definition) is 2. The lowest BCUT2D eigenvalue weighted by Crippen LogP contribution is -2.30. The fourth-order valence-corrected chi connectivity index (χ4v) is 2.40. The Hall–Kier alpha value is -3.07. The number of carbonyl (C=O) groups is 2. The van der Waals surface area contributed by atoms with E-state index in [4.69, 9.17) is 9.84 Å². The normalized spacial score (nSPS) is 12.2. The van der Waals surface area contributed by atoms with Gasteiger partial charge in [-0.05, 0) is 36.8 Å². The molecule has 0 bridgehead atoms. The number of amides is 1. The number of halogens is 2. The lowest BCUT2D eigenvalue weighted by molar-refractivity contribution is -0.121. The van der Waals surface area contributed by atoms with Gasteiger partial charge in [0.05, 0.1) is 37.0 Å². The summed E-state index contributed by atoms with van der Waals surface area (Å²) < 4.78 is 35.5. The number of aromatic nitrogens is 1. The highest BCUT2D eigenvalue weighted by Gasteiger charge is 2.28. The summed E-state index contributed by atoms with van der Waals surface area (Å²) in [5.74, 6) is -3.89. The predicted octanol–water partition coefficient (Wildman–Crippen LogP) is 2.29. The molecule has 0 radical (unpaired) electrons. The van der Waals surface area contributed by atoms with E-state index in [0.717, 1.165) is 5.56 Å². The monoisotopic (exact) mass is 408 g/mol. The molecular weight excluding hydrogens is 386 g/mol. The smallest absolute Gasteiger partial charge is 0.337 e. The van der Waals surface area contributed by atoms with Gasteiger partial charge in [0.15, 0.2) is 6.61 Å². The van der Waals surface area contributed by atoms with Crippen molar-refractivity contribution in [3.63, 3.8) is 0 Å². The predicted molar refractivity (Wildman–Crippen MR) is 99.8 cm³/mol. The van der Waals surface area contributed by atoms with Crippen LogP contribution in [0.5, 0.6) is 5.75 Å². The van der Waals surface area contributed by atoms with Crippen LogP contribution >= 0.6 is 0 Å². The number of hydrogen-bond acceptors (Lipinski definition) is 6. The van der Waals surface area contributed by atoms with Crippen molar-refractivity contribution >= 4 is 11.9 Å². The average molecular weight is 408 g/mol. The van der Waals surface area contributed by atoms with Crippen LogP contribution in [0.3, 0.4) is 0 Å². The number of rotatable bonds is 9. The number of methoxy groups -OCH3 is 1. The first-order valence-electron chi connectivity index (χ1n) is 8.78. The molecule has 0 spiro atoms. The molecule has 1 heterocycles. The van der Waals surface area contributed by atoms with Crippen molar-refractivity contribution in [2.75, 3.05) is 20.3 Å². The Bertz CT molecular complexity index is 826. The molecule has 0 saturated heterocycles. The molecular formula is C20H22F2N2O5. The van der Waals surface area contributed by atoms with E-state index in [9.17, 15) is 18.4 Å². The number of aliphatic hydroxyl groups is 1. The van der Waals surface area contributed by atoms with Crippen LogP contribution in [0.25, 0.3) is 0 Å². The van der Waals surface area contributed by atoms with Gasteiger partial charge in [-0.2, -0.15) is 0 Å². The van der Waals surface area contributed by atoms with Crippen LogP contribution in [0.15, 0.2) is 42.6 Å². The number of aliphatic hydroxyl groups excluding tert-OH is 1. The summed E-state index contributed by atoms with van der Waals surface area (Å²) in [7, 11) is 1.29. The summed E-state index contributed by atoms with van der Waals surface area (Å²) in [4.78, 5) is 27.7. The van der Waals surface area contributed by atoms with Gasteiger partial charge in [-0.25, -0.2) is 13.6 Å². The average Bonchev–Trinajstić information content (AvgIpc) is 2.72. The SMILES string of the molecule is COC(=O)c1ccc(CC(=O)N[C@H](C)c2ccc(OCC(F)(F)CO)cn2)cc1. The van der Waals surface area contributed by atoms with Crippen LogP contribution in [0, 0.1) is 0 Å². The molecule has 1 amide bonds. The third-order valence-corrected chi connectivity index (χ3v) is 4.00. The summed E-state index contributed by atoms with van der Waals surface area (Å²) >= 11 is 0. The van der Waals surface area contributed by atoms with Crippen molar-refractivity contribution in [1.29, 1.82) is 0 Å². The van der Waals surface area contributed by atoms with Crippen LogP contribution in [-0.4, -0.2) is 48.2 Å². The molecule has 0 fully saturated rings. The molecule has 7 nitrogen and oxygen atoms in total. The van der Waals surface area contributed by atoms with Crippen molar-refractivity contribution in [1.82, 2.24) is 10.3 Å². The van der Waals surface area contributed by atoms with Crippen molar-refractivity contribution in [2.24, 2.45) is 0 Å². The molecule has 1 aromatic heterocycles. The van der Waals surface area contributed by atoms with E-state index in [1.165, 1.54) is 19.4 Å². The largest absolute Gasteiger partial charge is 0.486 e. The first kappa shape index (κ1) is 22.2. The zero-order valence-electron chi connectivity index (χ0n) is 16.0. The van der Waals surface area contributed by atoms with E-state index >= 15 is 0 Å². The van der Waals surface area contributed by atoms with E-state index in [1.807, 2.05) is 0 Å². The van der Waals surface area contributed by atoms with Gasteiger partial charge >= 0.3 is 11.9 Å². The fraction of sp³-hybridized carbons (Fsp3) is 0.350. The zero-order valence-corrected chi connectivity index (χ0v) is 16.0. The number of ether oxygens (including phenoxy) is 2. The van der Waals surface area contributed by atoms with Crippen molar-refractivity contribution < 1.29 is 33.0 Å². The Labute approximate surface area is 166 Å². The number of benzene rings is 1. The summed E-state index contributed by atoms with van der Waals surface area (Å²) in [6, 6.07) is 9.11. The summed E-state index contributed by atoms with van der Waals surface area (Å²) in [5, 5.41) is 11.3. The van der Waals surface area contributed by atoms with Gasteiger partial charge in [0, 0.05) is 0 Å². The molecule has 1 atom stereocenters. The molecule has 0 unspecified atom stereocenters. The van der Waals surface area contributed by atoms with Crippen molar-refractivity contribution in [3.05, 3.63) is 59.4 Å². The Morgan fingerprint density at radius 3 is 2.45 bits per heavy atom. The van der Waals surface area contributed by atoms with Crippen LogP contribution in [0.2, 0.25) is 0 Å². The second kappa shape index (κ2) is 9.92. The summed E-state index contributed by atoms with van der Waals surface area (Å²) in [6.07, 6.45) is 1.39. The maximum Gasteiger partial charge on any atom is 0.337 e. The highest BCUT2D eigenvalue weighted by molar-refractivity contribution is 5.89. The van der Waals surface area contributed by atoms with E-state index in [1.54, 1.807) is 37.3 Å². The van der Waals surface area contributed by atoms with Gasteiger partial charge in [-0.15, -0.1) is 0 Å². The number of carbonyl (C=O) groups excluding carboxylic acids is 2. The van der Waals surface area contributed by atoms with Gasteiger partial charge < -0.3 is 19.9 Å². The summed E-state index contributed by atoms with van der Waals surface area (Å²) in [6.45, 7) is -0.514. The van der Waals surface area contributed by atoms with Gasteiger partial charge in [-0.1, -0.05) is 12.1 Å². The molecule has 1 aromatic carbocycles. The molecule has 9 heteroatoms. The lowest BCUT2D eigenvalue weighted by atomic mass is 10.1. The maximum absolute atomic E-state index is 13.0. The third kappa shape index (κ3) is 6.79. The second-order valence-corrected chi connectivity index (χ2v) is 6.38. The fourth-order valence-electron chi connectivity index (χ4n) is 2.40. The maximum atomic E-state index is 13.0. The standard InChI is InChI=1S/C20H22F2N2O5/c1-13(17-8-7-16(10-23-17)29-12-20(21,22)11-25)24-18(26)9-14-3-5-15(6-4-14)19(27)28-2/h3-8,10,13,25H,9,11-12H2,1-2H3,(H,24,26)/t13-/m1/s1. The van der Waals surface area contributed by atoms with E-state index in [2.05, 4.69) is 15.0 Å². The van der Waals surface area contributed by atoms with Crippen LogP contribution < -0.4 is 10.1 Å². The molecule has 0 saturated carbocycles. The minimum Gasteiger partial charge on any atom is -0.486 e. The number of nitrogens with zero attached hydrogens (tertiary/aromatic N) is 1. The molecule has 0 aliphatic rings. The van der Waals surface area contributed by atoms with Crippen LogP contribution in [0.1, 0.15) is 34.6 Å². The zero-order chi connectivity index (χ0) is 21.4. The number of nitrogens with one attached hydrogen (secondary N) is 1. The number of alkyl halides is 2. The van der Waals surface area contributed by atoms with Gasteiger partial charge in [0.1, 0.15) is 12.4 Å². The summed E-state index contributed by atoms with van der Waals surface area (Å²) in [5.41, 5.74) is 1.65. The van der Waals surface area contributed by atoms with Gasteiger partial charge in [0.2, 0.25) is 5.91 Å². The number of esters is 1. The van der Waals surface area contributed by atoms with Gasteiger partial charge in [-0.3, -0.25) is 9.78 Å². The highest BCUT2D eigenvalue weighted by atomic mass is 19.3. The molecule has 2 N–H and O–H groups in total. The van der Waals surface area contributed by atoms with Crippen molar-refractivity contribution in [2.45, 2.75) is 25.3 Å². The minimum atomic E-state index is -3.32. The first-order chi connectivity index (χ1) is 13.7. The Morgan fingerprint density at radius 2 is 1.90 bits per heavy atom. The Morgan fingerprint density at radius 1 is 1.21 bits per heavy atom. The third-order valence-electron chi connectivity index (χ3n) is 4.00. The molecule has 2 rings (SSSR count). The Kier molecular flexibility index (Phi) is 7.60. The van der Waals surface area contributed by atoms with E-state index in [-0.39, 0.29) is 18.1 Å². The minimum absolute atomic E-state index is 0.114. The lowest BCUT2D eigenvalue weighted by Gasteiger charge is -2.16. The molecule has 0 aliphatic carbocycles. The molecule has 2 aromatic rings. The first-order valence-corrected chi connectivity index (χ1v) is 8.78. The quantitative estimate of drug-likeness (QED) is 0.618. The highest BCUT2D eigenvalue weighted by Crippen LogP contribution is 2.18. The van der Waals surface area contributed by atoms with E-state index < -0.39 is 31.1 Å². The molecule has 29 heavy (non-hydrogen) atoms. The van der Waals surface area contributed by atoms with E-state index in [0.29, 0.717) is 11.3 Å². The molecule has 156 valence electrons. The van der Waals surface area contributed by atoms with Gasteiger partial charge in [0.25, 0.3) is 0 Å². The van der Waals surface area contributed by atoms with Crippen LogP contribution in [0.4, 0.5) is 8.78 Å². The topological polar surface area (TPSA) is 97.8 Å². The molecule has 0 aliphatic heterocycles. The number of pyridine rings is 1. The second-order valence-electron chi connectivity index (χ2n) is 6.38. The van der Waals surface area contributed by atoms with Crippen molar-refractivity contribution in [3.8, 4) is 5.75 Å². The van der Waals surface area contributed by atoms with Crippen LogP contribution in [-0.2, 0) is 16.0 Å². The Balaban J connectivity index is 1.88.